The molecule has 0 saturated heterocycles. The van der Waals surface area contributed by atoms with Crippen molar-refractivity contribution in [2.75, 3.05) is 12.3 Å². The van der Waals surface area contributed by atoms with Gasteiger partial charge in [-0.15, -0.1) is 0 Å². The number of rotatable bonds is 5. The van der Waals surface area contributed by atoms with E-state index in [1.165, 1.54) is 24.3 Å². The van der Waals surface area contributed by atoms with Crippen LogP contribution in [-0.2, 0) is 10.8 Å². The molecule has 0 radical (unpaired) electrons. The van der Waals surface area contributed by atoms with E-state index >= 15 is 0 Å². The van der Waals surface area contributed by atoms with Crippen LogP contribution in [0, 0.1) is 5.82 Å². The van der Waals surface area contributed by atoms with Crippen LogP contribution in [0.5, 0.6) is 0 Å². The maximum atomic E-state index is 12.5. The first-order valence-electron chi connectivity index (χ1n) is 4.39. The van der Waals surface area contributed by atoms with Gasteiger partial charge in [0.1, 0.15) is 5.82 Å². The van der Waals surface area contributed by atoms with Crippen molar-refractivity contribution in [3.8, 4) is 0 Å². The summed E-state index contributed by atoms with van der Waals surface area (Å²) < 4.78 is 24.1. The van der Waals surface area contributed by atoms with Crippen molar-refractivity contribution in [2.45, 2.75) is 11.3 Å². The molecule has 0 aliphatic carbocycles. The fourth-order valence-electron chi connectivity index (χ4n) is 1.02. The lowest BCUT2D eigenvalue weighted by atomic mass is 10.4. The molecule has 1 unspecified atom stereocenters. The molecule has 0 aromatic heterocycles. The van der Waals surface area contributed by atoms with Gasteiger partial charge in [0.15, 0.2) is 0 Å². The van der Waals surface area contributed by atoms with Gasteiger partial charge in [-0.3, -0.25) is 4.21 Å². The van der Waals surface area contributed by atoms with Crippen molar-refractivity contribution in [3.05, 3.63) is 40.5 Å². The molecule has 0 bridgehead atoms. The lowest BCUT2D eigenvalue weighted by molar-refractivity contribution is 0.626. The maximum absolute atomic E-state index is 12.5. The molecule has 4 nitrogen and oxygen atoms in total. The summed E-state index contributed by atoms with van der Waals surface area (Å²) in [5.41, 5.74) is 8.02. The lowest BCUT2D eigenvalue weighted by Gasteiger charge is -2.00. The van der Waals surface area contributed by atoms with Gasteiger partial charge in [0.2, 0.25) is 0 Å². The topological polar surface area (TPSA) is 65.8 Å². The van der Waals surface area contributed by atoms with E-state index in [4.69, 9.17) is 5.53 Å². The van der Waals surface area contributed by atoms with Gasteiger partial charge < -0.3 is 0 Å². The Morgan fingerprint density at radius 2 is 2.07 bits per heavy atom. The van der Waals surface area contributed by atoms with Gasteiger partial charge in [-0.05, 0) is 36.2 Å². The summed E-state index contributed by atoms with van der Waals surface area (Å²) in [6, 6.07) is 5.55. The lowest BCUT2D eigenvalue weighted by Crippen LogP contribution is -1.99. The molecular weight excluding hydrogens is 217 g/mol. The summed E-state index contributed by atoms with van der Waals surface area (Å²) in [6.45, 7) is 0.337. The van der Waals surface area contributed by atoms with Crippen LogP contribution in [-0.4, -0.2) is 16.5 Å². The van der Waals surface area contributed by atoms with E-state index in [2.05, 4.69) is 10.0 Å². The Labute approximate surface area is 89.2 Å². The van der Waals surface area contributed by atoms with E-state index in [1.807, 2.05) is 0 Å². The summed E-state index contributed by atoms with van der Waals surface area (Å²) in [7, 11) is -1.15. The molecule has 0 fully saturated rings. The van der Waals surface area contributed by atoms with Crippen molar-refractivity contribution >= 4 is 10.8 Å². The SMILES string of the molecule is [N-]=[N+]=NCCCS(=O)c1ccc(F)cc1. The standard InChI is InChI=1S/C9H10FN3OS/c10-8-2-4-9(5-3-8)15(14)7-1-6-12-13-11/h2-5H,1,6-7H2. The minimum Gasteiger partial charge on any atom is -0.254 e. The van der Waals surface area contributed by atoms with Gasteiger partial charge in [-0.1, -0.05) is 5.11 Å². The van der Waals surface area contributed by atoms with E-state index in [0.717, 1.165) is 0 Å². The number of hydrogen-bond acceptors (Lipinski definition) is 2. The molecule has 6 heteroatoms. The molecule has 0 amide bonds. The second-order valence-corrected chi connectivity index (χ2v) is 4.38. The fourth-order valence-corrected chi connectivity index (χ4v) is 2.08. The third-order valence-corrected chi connectivity index (χ3v) is 3.19. The highest BCUT2D eigenvalue weighted by Crippen LogP contribution is 2.08. The molecule has 15 heavy (non-hydrogen) atoms. The van der Waals surface area contributed by atoms with Crippen molar-refractivity contribution < 1.29 is 8.60 Å². The first-order valence-corrected chi connectivity index (χ1v) is 5.70. The van der Waals surface area contributed by atoms with E-state index < -0.39 is 10.8 Å². The monoisotopic (exact) mass is 227 g/mol. The molecule has 0 saturated carbocycles. The molecule has 0 aliphatic rings. The highest BCUT2D eigenvalue weighted by Gasteiger charge is 2.02. The summed E-state index contributed by atoms with van der Waals surface area (Å²) in [4.78, 5) is 3.19. The van der Waals surface area contributed by atoms with Crippen LogP contribution in [0.15, 0.2) is 34.3 Å². The Kier molecular flexibility index (Phi) is 4.80. The maximum Gasteiger partial charge on any atom is 0.123 e. The summed E-state index contributed by atoms with van der Waals surface area (Å²) in [6.07, 6.45) is 0.564. The van der Waals surface area contributed by atoms with Gasteiger partial charge in [-0.25, -0.2) is 4.39 Å². The molecule has 1 aromatic rings. The Balaban J connectivity index is 2.46. The Hall–Kier alpha value is -1.39. The number of halogens is 1. The first kappa shape index (κ1) is 11.7. The predicted octanol–water partition coefficient (Wildman–Crippen LogP) is 2.63. The fraction of sp³-hybridized carbons (Fsp3) is 0.333. The zero-order valence-corrected chi connectivity index (χ0v) is 8.78. The average molecular weight is 227 g/mol. The number of hydrogen-bond donors (Lipinski definition) is 0. The third kappa shape index (κ3) is 4.10. The zero-order valence-electron chi connectivity index (χ0n) is 7.97. The van der Waals surface area contributed by atoms with Gasteiger partial charge >= 0.3 is 0 Å². The van der Waals surface area contributed by atoms with E-state index in [9.17, 15) is 8.60 Å². The van der Waals surface area contributed by atoms with E-state index in [0.29, 0.717) is 23.6 Å². The molecule has 0 spiro atoms. The normalized spacial score (nSPS) is 11.8. The molecule has 1 atom stereocenters. The van der Waals surface area contributed by atoms with Crippen molar-refractivity contribution in [3.63, 3.8) is 0 Å². The molecule has 0 N–H and O–H groups in total. The number of nitrogens with zero attached hydrogens (tertiary/aromatic N) is 3. The van der Waals surface area contributed by atoms with Gasteiger partial charge in [-0.2, -0.15) is 0 Å². The summed E-state index contributed by atoms with van der Waals surface area (Å²) >= 11 is 0. The zero-order chi connectivity index (χ0) is 11.1. The highest BCUT2D eigenvalue weighted by atomic mass is 32.2. The van der Waals surface area contributed by atoms with Gasteiger partial charge in [0.05, 0.1) is 10.8 Å². The van der Waals surface area contributed by atoms with Gasteiger partial charge in [0, 0.05) is 22.1 Å². The van der Waals surface area contributed by atoms with Crippen LogP contribution in [0.3, 0.4) is 0 Å². The summed E-state index contributed by atoms with van der Waals surface area (Å²) in [5.74, 6) is 0.0785. The largest absolute Gasteiger partial charge is 0.254 e. The summed E-state index contributed by atoms with van der Waals surface area (Å²) in [5, 5.41) is 3.34. The average Bonchev–Trinajstić information content (AvgIpc) is 2.25. The molecule has 80 valence electrons. The van der Waals surface area contributed by atoms with Crippen LogP contribution in [0.4, 0.5) is 4.39 Å². The minimum absolute atomic E-state index is 0.337. The van der Waals surface area contributed by atoms with E-state index in [1.54, 1.807) is 0 Å². The Morgan fingerprint density at radius 1 is 1.40 bits per heavy atom. The van der Waals surface area contributed by atoms with Crippen LogP contribution in [0.1, 0.15) is 6.42 Å². The van der Waals surface area contributed by atoms with Crippen molar-refractivity contribution in [1.82, 2.24) is 0 Å². The second-order valence-electron chi connectivity index (χ2n) is 2.81. The quantitative estimate of drug-likeness (QED) is 0.330. The smallest absolute Gasteiger partial charge is 0.123 e. The molecule has 0 aliphatic heterocycles. The highest BCUT2D eigenvalue weighted by molar-refractivity contribution is 7.85. The molecule has 0 heterocycles. The predicted molar refractivity (Wildman–Crippen MR) is 56.3 cm³/mol. The Bertz CT molecular complexity index is 387. The number of azide groups is 1. The molecule has 1 aromatic carbocycles. The van der Waals surface area contributed by atoms with Crippen molar-refractivity contribution in [1.29, 1.82) is 0 Å². The van der Waals surface area contributed by atoms with Crippen LogP contribution in [0.2, 0.25) is 0 Å². The molecule has 1 rings (SSSR count). The first-order chi connectivity index (χ1) is 7.24. The Morgan fingerprint density at radius 3 is 2.67 bits per heavy atom. The second kappa shape index (κ2) is 6.16. The van der Waals surface area contributed by atoms with Crippen molar-refractivity contribution in [2.24, 2.45) is 5.11 Å². The van der Waals surface area contributed by atoms with Gasteiger partial charge in [0.25, 0.3) is 0 Å². The van der Waals surface area contributed by atoms with Crippen LogP contribution in [0.25, 0.3) is 10.4 Å². The third-order valence-electron chi connectivity index (χ3n) is 1.73. The van der Waals surface area contributed by atoms with Crippen LogP contribution >= 0.6 is 0 Å². The minimum atomic E-state index is -1.15. The van der Waals surface area contributed by atoms with Crippen LogP contribution < -0.4 is 0 Å². The van der Waals surface area contributed by atoms with E-state index in [-0.39, 0.29) is 5.82 Å². The number of benzene rings is 1. The molecular formula is C9H10FN3OS.